The summed E-state index contributed by atoms with van der Waals surface area (Å²) < 4.78 is 0. The molecule has 0 saturated heterocycles. The van der Waals surface area contributed by atoms with Crippen molar-refractivity contribution in [2.75, 3.05) is 13.7 Å². The van der Waals surface area contributed by atoms with Crippen LogP contribution in [0.2, 0.25) is 0 Å². The molecule has 0 atom stereocenters. The molecule has 5 heteroatoms. The minimum absolute atomic E-state index is 0.0452. The van der Waals surface area contributed by atoms with Crippen LogP contribution in [0, 0.1) is 5.41 Å². The number of nitrogens with two attached hydrogens (primary N) is 1. The van der Waals surface area contributed by atoms with E-state index in [-0.39, 0.29) is 18.3 Å². The van der Waals surface area contributed by atoms with Crippen molar-refractivity contribution in [3.05, 3.63) is 11.8 Å². The molecule has 5 N–H and O–H groups in total. The monoisotopic (exact) mass is 170 g/mol. The summed E-state index contributed by atoms with van der Waals surface area (Å²) in [5.74, 6) is 0.0970. The minimum atomic E-state index is -0.324. The Hall–Kier alpha value is -1.36. The second-order valence-electron chi connectivity index (χ2n) is 2.23. The van der Waals surface area contributed by atoms with Gasteiger partial charge < -0.3 is 16.2 Å². The maximum Gasteiger partial charge on any atom is 0.151 e. The standard InChI is InChI=1S/C7H14N4O/c1-5(3-10-2)7(9)11-6(8)4-12/h3,10,12H,4H2,1-2H3,(H3,8,9,11)/b5-3+. The van der Waals surface area contributed by atoms with Crippen LogP contribution in [0.25, 0.3) is 0 Å². The number of hydrogen-bond donors (Lipinski definition) is 4. The van der Waals surface area contributed by atoms with E-state index in [9.17, 15) is 0 Å². The highest BCUT2D eigenvalue weighted by molar-refractivity contribution is 6.03. The molecule has 68 valence electrons. The highest BCUT2D eigenvalue weighted by atomic mass is 16.3. The Morgan fingerprint density at radius 3 is 2.75 bits per heavy atom. The molecule has 0 aliphatic heterocycles. The predicted molar refractivity (Wildman–Crippen MR) is 49.3 cm³/mol. The second kappa shape index (κ2) is 5.31. The normalized spacial score (nSPS) is 12.9. The molecule has 0 saturated carbocycles. The number of aliphatic hydroxyl groups is 1. The molecule has 0 amide bonds. The Morgan fingerprint density at radius 1 is 1.75 bits per heavy atom. The Bertz CT molecular complexity index is 219. The van der Waals surface area contributed by atoms with E-state index in [4.69, 9.17) is 16.2 Å². The Morgan fingerprint density at radius 2 is 2.33 bits per heavy atom. The van der Waals surface area contributed by atoms with Gasteiger partial charge in [0.2, 0.25) is 0 Å². The van der Waals surface area contributed by atoms with Gasteiger partial charge >= 0.3 is 0 Å². The van der Waals surface area contributed by atoms with Crippen molar-refractivity contribution >= 4 is 11.7 Å². The summed E-state index contributed by atoms with van der Waals surface area (Å²) in [7, 11) is 1.73. The smallest absolute Gasteiger partial charge is 0.151 e. The van der Waals surface area contributed by atoms with Crippen LogP contribution in [-0.2, 0) is 0 Å². The first-order chi connectivity index (χ1) is 5.61. The van der Waals surface area contributed by atoms with Gasteiger partial charge in [0.15, 0.2) is 5.84 Å². The van der Waals surface area contributed by atoms with Gasteiger partial charge in [0.05, 0.1) is 0 Å². The molecule has 0 aromatic rings. The quantitative estimate of drug-likeness (QED) is 0.337. The van der Waals surface area contributed by atoms with Gasteiger partial charge in [-0.25, -0.2) is 4.99 Å². The largest absolute Gasteiger partial charge is 0.394 e. The summed E-state index contributed by atoms with van der Waals surface area (Å²) in [6, 6.07) is 0. The number of hydrogen-bond acceptors (Lipinski definition) is 3. The van der Waals surface area contributed by atoms with Gasteiger partial charge in [0.1, 0.15) is 12.4 Å². The third-order valence-corrected chi connectivity index (χ3v) is 1.15. The topological polar surface area (TPSA) is 94.5 Å². The molecule has 0 bridgehead atoms. The molecule has 0 unspecified atom stereocenters. The van der Waals surface area contributed by atoms with E-state index in [0.29, 0.717) is 5.57 Å². The molecule has 0 aliphatic rings. The fourth-order valence-electron chi connectivity index (χ4n) is 0.552. The molecule has 0 aromatic carbocycles. The van der Waals surface area contributed by atoms with Crippen molar-refractivity contribution in [2.45, 2.75) is 6.92 Å². The zero-order chi connectivity index (χ0) is 9.56. The first-order valence-corrected chi connectivity index (χ1v) is 3.48. The van der Waals surface area contributed by atoms with Crippen LogP contribution in [-0.4, -0.2) is 30.4 Å². The zero-order valence-electron chi connectivity index (χ0n) is 7.26. The second-order valence-corrected chi connectivity index (χ2v) is 2.23. The van der Waals surface area contributed by atoms with E-state index >= 15 is 0 Å². The van der Waals surface area contributed by atoms with Gasteiger partial charge in [-0.1, -0.05) is 0 Å². The van der Waals surface area contributed by atoms with Crippen LogP contribution in [0.1, 0.15) is 6.92 Å². The first-order valence-electron chi connectivity index (χ1n) is 3.48. The van der Waals surface area contributed by atoms with Gasteiger partial charge in [-0.05, 0) is 6.92 Å². The van der Waals surface area contributed by atoms with E-state index in [1.165, 1.54) is 0 Å². The summed E-state index contributed by atoms with van der Waals surface area (Å²) in [5, 5.41) is 18.6. The van der Waals surface area contributed by atoms with Gasteiger partial charge in [-0.15, -0.1) is 0 Å². The molecule has 5 nitrogen and oxygen atoms in total. The van der Waals surface area contributed by atoms with E-state index in [1.807, 2.05) is 0 Å². The molecule has 0 aliphatic carbocycles. The lowest BCUT2D eigenvalue weighted by Crippen LogP contribution is -2.18. The summed E-state index contributed by atoms with van der Waals surface area (Å²) >= 11 is 0. The van der Waals surface area contributed by atoms with Gasteiger partial charge in [0, 0.05) is 18.8 Å². The van der Waals surface area contributed by atoms with Crippen molar-refractivity contribution in [1.29, 1.82) is 5.41 Å². The van der Waals surface area contributed by atoms with Crippen LogP contribution < -0.4 is 11.1 Å². The molecule has 0 fully saturated rings. The molecule has 0 heterocycles. The molecular weight excluding hydrogens is 156 g/mol. The number of rotatable bonds is 3. The maximum atomic E-state index is 8.51. The molecule has 0 radical (unpaired) electrons. The summed E-state index contributed by atoms with van der Waals surface area (Å²) in [4.78, 5) is 3.63. The van der Waals surface area contributed by atoms with Crippen LogP contribution in [0.5, 0.6) is 0 Å². The van der Waals surface area contributed by atoms with E-state index in [1.54, 1.807) is 20.2 Å². The third kappa shape index (κ3) is 3.72. The van der Waals surface area contributed by atoms with Crippen molar-refractivity contribution in [3.8, 4) is 0 Å². The summed E-state index contributed by atoms with van der Waals surface area (Å²) in [6.45, 7) is 1.40. The van der Waals surface area contributed by atoms with E-state index in [0.717, 1.165) is 0 Å². The Kier molecular flexibility index (Phi) is 4.71. The van der Waals surface area contributed by atoms with Gasteiger partial charge in [0.25, 0.3) is 0 Å². The fraction of sp³-hybridized carbons (Fsp3) is 0.429. The average molecular weight is 170 g/mol. The maximum absolute atomic E-state index is 8.51. The number of aliphatic hydroxyl groups excluding tert-OH is 1. The number of aliphatic imine (C=N–C) groups is 1. The minimum Gasteiger partial charge on any atom is -0.394 e. The summed E-state index contributed by atoms with van der Waals surface area (Å²) in [6.07, 6.45) is 1.64. The SMILES string of the molecule is CN/C=C(\C)C(=N)N=C(N)CO. The molecule has 12 heavy (non-hydrogen) atoms. The van der Waals surface area contributed by atoms with Crippen molar-refractivity contribution in [1.82, 2.24) is 5.32 Å². The Labute approximate surface area is 71.5 Å². The number of amidine groups is 2. The Balaban J connectivity index is 4.32. The molecule has 0 aromatic heterocycles. The van der Waals surface area contributed by atoms with E-state index in [2.05, 4.69) is 10.3 Å². The lowest BCUT2D eigenvalue weighted by molar-refractivity contribution is 0.356. The zero-order valence-corrected chi connectivity index (χ0v) is 7.26. The van der Waals surface area contributed by atoms with Gasteiger partial charge in [-0.2, -0.15) is 0 Å². The highest BCUT2D eigenvalue weighted by Crippen LogP contribution is 1.93. The first kappa shape index (κ1) is 10.6. The average Bonchev–Trinajstić information content (AvgIpc) is 2.04. The summed E-state index contributed by atoms with van der Waals surface area (Å²) in [5.41, 5.74) is 5.88. The van der Waals surface area contributed by atoms with Crippen LogP contribution in [0.15, 0.2) is 16.8 Å². The van der Waals surface area contributed by atoms with Crippen LogP contribution >= 0.6 is 0 Å². The highest BCUT2D eigenvalue weighted by Gasteiger charge is 1.97. The third-order valence-electron chi connectivity index (χ3n) is 1.15. The fourth-order valence-corrected chi connectivity index (χ4v) is 0.552. The van der Waals surface area contributed by atoms with Crippen molar-refractivity contribution < 1.29 is 5.11 Å². The lowest BCUT2D eigenvalue weighted by Gasteiger charge is -1.99. The number of nitrogens with zero attached hydrogens (tertiary/aromatic N) is 1. The predicted octanol–water partition coefficient (Wildman–Crippen LogP) is -0.564. The van der Waals surface area contributed by atoms with Crippen LogP contribution in [0.3, 0.4) is 0 Å². The molecule has 0 rings (SSSR count). The van der Waals surface area contributed by atoms with Crippen molar-refractivity contribution in [3.63, 3.8) is 0 Å². The van der Waals surface area contributed by atoms with Gasteiger partial charge in [-0.3, -0.25) is 5.41 Å². The van der Waals surface area contributed by atoms with E-state index < -0.39 is 0 Å². The number of nitrogens with one attached hydrogen (secondary N) is 2. The molecular formula is C7H14N4O. The molecule has 0 spiro atoms. The van der Waals surface area contributed by atoms with Crippen molar-refractivity contribution in [2.24, 2.45) is 10.7 Å². The van der Waals surface area contributed by atoms with Crippen LogP contribution in [0.4, 0.5) is 0 Å². The lowest BCUT2D eigenvalue weighted by atomic mass is 10.3.